The molecule has 0 aliphatic carbocycles. The van der Waals surface area contributed by atoms with Crippen molar-refractivity contribution >= 4 is 11.6 Å². The topological polar surface area (TPSA) is 48.2 Å². The average Bonchev–Trinajstić information content (AvgIpc) is 2.83. The first-order valence-electron chi connectivity index (χ1n) is 5.33. The first kappa shape index (κ1) is 10.9. The summed E-state index contributed by atoms with van der Waals surface area (Å²) in [5, 5.41) is 7.97. The van der Waals surface area contributed by atoms with Crippen LogP contribution in [0.2, 0.25) is 0 Å². The van der Waals surface area contributed by atoms with Crippen LogP contribution >= 0.6 is 11.6 Å². The second-order valence-corrected chi connectivity index (χ2v) is 4.22. The molecule has 0 aromatic carbocycles. The van der Waals surface area contributed by atoms with Crippen LogP contribution in [0.15, 0.2) is 4.42 Å². The fourth-order valence-electron chi connectivity index (χ4n) is 1.70. The van der Waals surface area contributed by atoms with Crippen LogP contribution in [0.4, 0.5) is 0 Å². The number of rotatable bonds is 4. The van der Waals surface area contributed by atoms with E-state index >= 15 is 0 Å². The molecular formula is C10H15ClN2O2. The predicted molar refractivity (Wildman–Crippen MR) is 55.9 cm³/mol. The van der Waals surface area contributed by atoms with Crippen molar-refractivity contribution in [1.82, 2.24) is 10.2 Å². The summed E-state index contributed by atoms with van der Waals surface area (Å²) >= 11 is 5.59. The first-order valence-corrected chi connectivity index (χ1v) is 5.86. The number of hydrogen-bond acceptors (Lipinski definition) is 4. The van der Waals surface area contributed by atoms with E-state index < -0.39 is 0 Å². The summed E-state index contributed by atoms with van der Waals surface area (Å²) in [6.45, 7) is 2.06. The van der Waals surface area contributed by atoms with Crippen molar-refractivity contribution < 1.29 is 9.15 Å². The van der Waals surface area contributed by atoms with Crippen molar-refractivity contribution in [1.29, 1.82) is 0 Å². The second-order valence-electron chi connectivity index (χ2n) is 3.84. The molecule has 0 amide bonds. The Hall–Kier alpha value is -0.610. The minimum absolute atomic E-state index is 0.00254. The van der Waals surface area contributed by atoms with Gasteiger partial charge in [0.1, 0.15) is 6.10 Å². The van der Waals surface area contributed by atoms with Gasteiger partial charge < -0.3 is 9.15 Å². The van der Waals surface area contributed by atoms with Crippen molar-refractivity contribution in [2.45, 2.75) is 44.8 Å². The summed E-state index contributed by atoms with van der Waals surface area (Å²) in [5.41, 5.74) is 0. The Kier molecular flexibility index (Phi) is 3.59. The molecule has 1 fully saturated rings. The van der Waals surface area contributed by atoms with Gasteiger partial charge in [0, 0.05) is 12.3 Å². The quantitative estimate of drug-likeness (QED) is 0.746. The Labute approximate surface area is 94.0 Å². The Morgan fingerprint density at radius 2 is 2.27 bits per heavy atom. The molecule has 15 heavy (non-hydrogen) atoms. The zero-order chi connectivity index (χ0) is 10.7. The smallest absolute Gasteiger partial charge is 0.245 e. The molecule has 4 nitrogen and oxygen atoms in total. The Balaban J connectivity index is 1.94. The summed E-state index contributed by atoms with van der Waals surface area (Å²) in [6.07, 6.45) is 3.94. The number of nitrogens with zero attached hydrogens (tertiary/aromatic N) is 2. The van der Waals surface area contributed by atoms with E-state index in [1.54, 1.807) is 0 Å². The van der Waals surface area contributed by atoms with Crippen molar-refractivity contribution in [2.75, 3.05) is 5.88 Å². The maximum absolute atomic E-state index is 5.64. The van der Waals surface area contributed by atoms with Gasteiger partial charge in [0.05, 0.1) is 6.10 Å². The van der Waals surface area contributed by atoms with Crippen LogP contribution in [0, 0.1) is 0 Å². The van der Waals surface area contributed by atoms with Gasteiger partial charge in [-0.15, -0.1) is 21.8 Å². The number of halogens is 1. The molecule has 0 N–H and O–H groups in total. The Morgan fingerprint density at radius 1 is 1.40 bits per heavy atom. The average molecular weight is 231 g/mol. The lowest BCUT2D eigenvalue weighted by molar-refractivity contribution is 0.0384. The van der Waals surface area contributed by atoms with E-state index in [9.17, 15) is 0 Å². The van der Waals surface area contributed by atoms with Gasteiger partial charge in [-0.05, 0) is 26.2 Å². The monoisotopic (exact) mass is 230 g/mol. The highest BCUT2D eigenvalue weighted by molar-refractivity contribution is 6.17. The number of ether oxygens (including phenoxy) is 1. The molecule has 1 aliphatic rings. The lowest BCUT2D eigenvalue weighted by Crippen LogP contribution is -2.01. The number of alkyl halides is 1. The number of hydrogen-bond donors (Lipinski definition) is 0. The molecule has 2 heterocycles. The highest BCUT2D eigenvalue weighted by Crippen LogP contribution is 2.31. The Bertz CT molecular complexity index is 316. The van der Waals surface area contributed by atoms with Crippen LogP contribution in [0.1, 0.15) is 44.1 Å². The van der Waals surface area contributed by atoms with Crippen molar-refractivity contribution in [3.8, 4) is 0 Å². The molecule has 2 atom stereocenters. The summed E-state index contributed by atoms with van der Waals surface area (Å²) in [6, 6.07) is 0. The van der Waals surface area contributed by atoms with E-state index in [4.69, 9.17) is 20.8 Å². The molecule has 0 radical (unpaired) electrons. The largest absolute Gasteiger partial charge is 0.422 e. The number of aryl methyl sites for hydroxylation is 1. The van der Waals surface area contributed by atoms with Crippen LogP contribution in [-0.2, 0) is 11.2 Å². The molecule has 0 saturated carbocycles. The van der Waals surface area contributed by atoms with Crippen molar-refractivity contribution in [2.24, 2.45) is 0 Å². The van der Waals surface area contributed by atoms with Crippen LogP contribution in [0.3, 0.4) is 0 Å². The third-order valence-corrected chi connectivity index (χ3v) is 2.78. The van der Waals surface area contributed by atoms with Crippen molar-refractivity contribution in [3.63, 3.8) is 0 Å². The molecule has 1 aliphatic heterocycles. The maximum atomic E-state index is 5.64. The van der Waals surface area contributed by atoms with Gasteiger partial charge in [0.2, 0.25) is 11.8 Å². The highest BCUT2D eigenvalue weighted by Gasteiger charge is 2.27. The fraction of sp³-hybridized carbons (Fsp3) is 0.800. The lowest BCUT2D eigenvalue weighted by atomic mass is 10.2. The van der Waals surface area contributed by atoms with Gasteiger partial charge in [-0.2, -0.15) is 0 Å². The molecule has 1 saturated heterocycles. The van der Waals surface area contributed by atoms with Crippen LogP contribution in [0.5, 0.6) is 0 Å². The zero-order valence-electron chi connectivity index (χ0n) is 8.78. The summed E-state index contributed by atoms with van der Waals surface area (Å²) in [5.74, 6) is 1.90. The van der Waals surface area contributed by atoms with Gasteiger partial charge in [-0.25, -0.2) is 0 Å². The second kappa shape index (κ2) is 4.94. The molecule has 5 heteroatoms. The normalized spacial score (nSPS) is 26.0. The van der Waals surface area contributed by atoms with Crippen molar-refractivity contribution in [3.05, 3.63) is 11.8 Å². The van der Waals surface area contributed by atoms with Gasteiger partial charge in [-0.3, -0.25) is 0 Å². The van der Waals surface area contributed by atoms with Gasteiger partial charge >= 0.3 is 0 Å². The van der Waals surface area contributed by atoms with Gasteiger partial charge in [-0.1, -0.05) is 0 Å². The van der Waals surface area contributed by atoms with Crippen LogP contribution in [-0.4, -0.2) is 22.2 Å². The van der Waals surface area contributed by atoms with Crippen LogP contribution in [0.25, 0.3) is 0 Å². The summed E-state index contributed by atoms with van der Waals surface area (Å²) in [4.78, 5) is 0. The van der Waals surface area contributed by atoms with E-state index in [0.717, 1.165) is 25.7 Å². The van der Waals surface area contributed by atoms with Gasteiger partial charge in [0.15, 0.2) is 0 Å². The SMILES string of the molecule is CC1CCC(c2nnc(CCCCl)o2)O1. The first-order chi connectivity index (χ1) is 7.29. The highest BCUT2D eigenvalue weighted by atomic mass is 35.5. The molecule has 0 bridgehead atoms. The summed E-state index contributed by atoms with van der Waals surface area (Å²) in [7, 11) is 0. The van der Waals surface area contributed by atoms with Crippen LogP contribution < -0.4 is 0 Å². The predicted octanol–water partition coefficient (Wildman–Crippen LogP) is 2.48. The molecular weight excluding hydrogens is 216 g/mol. The van der Waals surface area contributed by atoms with E-state index in [1.807, 2.05) is 0 Å². The molecule has 1 aromatic rings. The molecule has 2 unspecified atom stereocenters. The van der Waals surface area contributed by atoms with E-state index in [0.29, 0.717) is 23.8 Å². The third kappa shape index (κ3) is 2.69. The zero-order valence-corrected chi connectivity index (χ0v) is 9.54. The Morgan fingerprint density at radius 3 is 2.93 bits per heavy atom. The number of aromatic nitrogens is 2. The summed E-state index contributed by atoms with van der Waals surface area (Å²) < 4.78 is 11.2. The molecule has 1 aromatic heterocycles. The van der Waals surface area contributed by atoms with Gasteiger partial charge in [0.25, 0.3) is 0 Å². The maximum Gasteiger partial charge on any atom is 0.245 e. The molecule has 84 valence electrons. The van der Waals surface area contributed by atoms with E-state index in [2.05, 4.69) is 17.1 Å². The molecule has 2 rings (SSSR count). The standard InChI is InChI=1S/C10H15ClN2O2/c1-7-4-5-8(14-7)10-13-12-9(15-10)3-2-6-11/h7-8H,2-6H2,1H3. The fourth-order valence-corrected chi connectivity index (χ4v) is 1.83. The molecule has 0 spiro atoms. The minimum atomic E-state index is -0.00254. The van der Waals surface area contributed by atoms with E-state index in [-0.39, 0.29) is 6.10 Å². The minimum Gasteiger partial charge on any atom is -0.422 e. The third-order valence-electron chi connectivity index (χ3n) is 2.51. The lowest BCUT2D eigenvalue weighted by Gasteiger charge is -2.04. The van der Waals surface area contributed by atoms with E-state index in [1.165, 1.54) is 0 Å².